The molecule has 7 nitrogen and oxygen atoms in total. The van der Waals surface area contributed by atoms with Gasteiger partial charge < -0.3 is 10.2 Å². The molecule has 0 saturated heterocycles. The van der Waals surface area contributed by atoms with Gasteiger partial charge in [-0.3, -0.25) is 0 Å². The molecule has 1 aromatic heterocycles. The first-order chi connectivity index (χ1) is 11.4. The number of nitrogens with one attached hydrogen (secondary N) is 1. The number of nitrogens with two attached hydrogens (primary N) is 1. The van der Waals surface area contributed by atoms with Crippen molar-refractivity contribution in [2.45, 2.75) is 25.2 Å². The van der Waals surface area contributed by atoms with Crippen molar-refractivity contribution in [1.82, 2.24) is 9.97 Å². The maximum absolute atomic E-state index is 11.2. The third-order valence-electron chi connectivity index (χ3n) is 3.71. The van der Waals surface area contributed by atoms with Crippen molar-refractivity contribution < 1.29 is 8.42 Å². The zero-order valence-corrected chi connectivity index (χ0v) is 14.8. The van der Waals surface area contributed by atoms with E-state index in [1.54, 1.807) is 18.5 Å². The number of nitrogens with zero attached hydrogens (tertiary/aromatic N) is 3. The average molecular weight is 349 g/mol. The van der Waals surface area contributed by atoms with Gasteiger partial charge in [-0.05, 0) is 38.0 Å². The second-order valence-corrected chi connectivity index (χ2v) is 6.86. The van der Waals surface area contributed by atoms with E-state index in [0.717, 1.165) is 36.7 Å². The SMILES string of the molecule is CCN(CC)c1cc(NCCc2ccc(S(N)(=O)=O)cc2)ncn1. The molecule has 2 aromatic rings. The molecule has 0 saturated carbocycles. The van der Waals surface area contributed by atoms with E-state index in [1.807, 2.05) is 6.07 Å². The van der Waals surface area contributed by atoms with Crippen LogP contribution in [0.4, 0.5) is 11.6 Å². The lowest BCUT2D eigenvalue weighted by Crippen LogP contribution is -2.23. The van der Waals surface area contributed by atoms with E-state index in [9.17, 15) is 8.42 Å². The number of hydrogen-bond donors (Lipinski definition) is 2. The summed E-state index contributed by atoms with van der Waals surface area (Å²) in [7, 11) is -3.64. The van der Waals surface area contributed by atoms with Crippen LogP contribution in [-0.4, -0.2) is 38.0 Å². The Kier molecular flexibility index (Phi) is 6.10. The average Bonchev–Trinajstić information content (AvgIpc) is 2.56. The molecule has 0 aliphatic heterocycles. The third kappa shape index (κ3) is 4.90. The molecule has 0 spiro atoms. The summed E-state index contributed by atoms with van der Waals surface area (Å²) in [6.07, 6.45) is 2.30. The first kappa shape index (κ1) is 18.2. The van der Waals surface area contributed by atoms with Gasteiger partial charge in [-0.25, -0.2) is 23.5 Å². The molecule has 0 unspecified atom stereocenters. The van der Waals surface area contributed by atoms with Crippen LogP contribution in [-0.2, 0) is 16.4 Å². The zero-order valence-electron chi connectivity index (χ0n) is 13.9. The summed E-state index contributed by atoms with van der Waals surface area (Å²) in [4.78, 5) is 10.8. The topological polar surface area (TPSA) is 101 Å². The maximum atomic E-state index is 11.2. The Bertz CT molecular complexity index is 758. The van der Waals surface area contributed by atoms with Crippen molar-refractivity contribution in [2.75, 3.05) is 29.9 Å². The predicted octanol–water partition coefficient (Wildman–Crippen LogP) is 1.62. The Morgan fingerprint density at radius 2 is 1.79 bits per heavy atom. The molecule has 2 rings (SSSR count). The highest BCUT2D eigenvalue weighted by Gasteiger charge is 2.07. The molecule has 0 fully saturated rings. The molecule has 1 heterocycles. The number of benzene rings is 1. The van der Waals surface area contributed by atoms with Crippen LogP contribution in [0.15, 0.2) is 41.6 Å². The fourth-order valence-electron chi connectivity index (χ4n) is 2.34. The van der Waals surface area contributed by atoms with Gasteiger partial charge in [0.2, 0.25) is 10.0 Å². The van der Waals surface area contributed by atoms with Gasteiger partial charge in [-0.1, -0.05) is 12.1 Å². The number of aromatic nitrogens is 2. The van der Waals surface area contributed by atoms with Gasteiger partial charge in [-0.15, -0.1) is 0 Å². The van der Waals surface area contributed by atoms with Gasteiger partial charge >= 0.3 is 0 Å². The normalized spacial score (nSPS) is 11.3. The summed E-state index contributed by atoms with van der Waals surface area (Å²) >= 11 is 0. The highest BCUT2D eigenvalue weighted by molar-refractivity contribution is 7.89. The standard InChI is InChI=1S/C16H23N5O2S/c1-3-21(4-2)16-11-15(19-12-20-16)18-10-9-13-5-7-14(8-6-13)24(17,22)23/h5-8,11-12H,3-4,9-10H2,1-2H3,(H2,17,22,23)(H,18,19,20). The minimum absolute atomic E-state index is 0.124. The Hall–Kier alpha value is -2.19. The van der Waals surface area contributed by atoms with E-state index in [-0.39, 0.29) is 4.90 Å². The van der Waals surface area contributed by atoms with E-state index < -0.39 is 10.0 Å². The zero-order chi connectivity index (χ0) is 17.6. The van der Waals surface area contributed by atoms with Crippen molar-refractivity contribution in [3.8, 4) is 0 Å². The first-order valence-corrected chi connectivity index (χ1v) is 9.41. The summed E-state index contributed by atoms with van der Waals surface area (Å²) in [6, 6.07) is 8.50. The Morgan fingerprint density at radius 1 is 1.12 bits per heavy atom. The molecule has 24 heavy (non-hydrogen) atoms. The molecule has 0 bridgehead atoms. The number of rotatable bonds is 8. The van der Waals surface area contributed by atoms with Gasteiger partial charge in [0.05, 0.1) is 4.90 Å². The lowest BCUT2D eigenvalue weighted by atomic mass is 10.1. The molecule has 0 aliphatic rings. The van der Waals surface area contributed by atoms with E-state index >= 15 is 0 Å². The number of hydrogen-bond acceptors (Lipinski definition) is 6. The fraction of sp³-hybridized carbons (Fsp3) is 0.375. The van der Waals surface area contributed by atoms with Crippen LogP contribution in [0.25, 0.3) is 0 Å². The maximum Gasteiger partial charge on any atom is 0.238 e. The van der Waals surface area contributed by atoms with Crippen molar-refractivity contribution in [3.63, 3.8) is 0 Å². The molecule has 130 valence electrons. The largest absolute Gasteiger partial charge is 0.370 e. The van der Waals surface area contributed by atoms with Crippen LogP contribution >= 0.6 is 0 Å². The van der Waals surface area contributed by atoms with E-state index in [1.165, 1.54) is 12.1 Å². The smallest absolute Gasteiger partial charge is 0.238 e. The fourth-order valence-corrected chi connectivity index (χ4v) is 2.86. The van der Waals surface area contributed by atoms with E-state index in [2.05, 4.69) is 34.0 Å². The second kappa shape index (κ2) is 8.07. The van der Waals surface area contributed by atoms with Gasteiger partial charge in [0.1, 0.15) is 18.0 Å². The molecule has 1 aromatic carbocycles. The van der Waals surface area contributed by atoms with Crippen molar-refractivity contribution >= 4 is 21.7 Å². The predicted molar refractivity (Wildman–Crippen MR) is 95.6 cm³/mol. The Balaban J connectivity index is 1.93. The lowest BCUT2D eigenvalue weighted by molar-refractivity contribution is 0.598. The monoisotopic (exact) mass is 349 g/mol. The third-order valence-corrected chi connectivity index (χ3v) is 4.64. The summed E-state index contributed by atoms with van der Waals surface area (Å²) in [6.45, 7) is 6.64. The number of sulfonamides is 1. The van der Waals surface area contributed by atoms with Gasteiger partial charge in [0, 0.05) is 25.7 Å². The minimum Gasteiger partial charge on any atom is -0.370 e. The van der Waals surface area contributed by atoms with Crippen LogP contribution in [0.5, 0.6) is 0 Å². The first-order valence-electron chi connectivity index (χ1n) is 7.86. The van der Waals surface area contributed by atoms with E-state index in [4.69, 9.17) is 5.14 Å². The van der Waals surface area contributed by atoms with Gasteiger partial charge in [0.15, 0.2) is 0 Å². The molecule has 0 radical (unpaired) electrons. The molecule has 0 aliphatic carbocycles. The summed E-state index contributed by atoms with van der Waals surface area (Å²) in [5.41, 5.74) is 1.02. The Labute approximate surface area is 143 Å². The molecular weight excluding hydrogens is 326 g/mol. The molecule has 8 heteroatoms. The highest BCUT2D eigenvalue weighted by atomic mass is 32.2. The Morgan fingerprint density at radius 3 is 2.38 bits per heavy atom. The summed E-state index contributed by atoms with van der Waals surface area (Å²) in [5.74, 6) is 1.67. The van der Waals surface area contributed by atoms with Crippen LogP contribution in [0.3, 0.4) is 0 Å². The summed E-state index contributed by atoms with van der Waals surface area (Å²) in [5, 5.41) is 8.35. The number of primary sulfonamides is 1. The van der Waals surface area contributed by atoms with Crippen LogP contribution in [0.2, 0.25) is 0 Å². The number of anilines is 2. The molecule has 0 amide bonds. The summed E-state index contributed by atoms with van der Waals surface area (Å²) < 4.78 is 22.5. The van der Waals surface area contributed by atoms with E-state index in [0.29, 0.717) is 6.54 Å². The quantitative estimate of drug-likeness (QED) is 0.751. The molecule has 0 atom stereocenters. The van der Waals surface area contributed by atoms with Crippen molar-refractivity contribution in [3.05, 3.63) is 42.2 Å². The molecule has 3 N–H and O–H groups in total. The molecular formula is C16H23N5O2S. The van der Waals surface area contributed by atoms with Crippen LogP contribution in [0, 0.1) is 0 Å². The minimum atomic E-state index is -3.64. The highest BCUT2D eigenvalue weighted by Crippen LogP contribution is 2.14. The van der Waals surface area contributed by atoms with Gasteiger partial charge in [0.25, 0.3) is 0 Å². The lowest BCUT2D eigenvalue weighted by Gasteiger charge is -2.19. The van der Waals surface area contributed by atoms with Gasteiger partial charge in [-0.2, -0.15) is 0 Å². The van der Waals surface area contributed by atoms with Crippen molar-refractivity contribution in [1.29, 1.82) is 0 Å². The second-order valence-electron chi connectivity index (χ2n) is 5.30. The van der Waals surface area contributed by atoms with Crippen LogP contribution in [0.1, 0.15) is 19.4 Å². The van der Waals surface area contributed by atoms with Crippen LogP contribution < -0.4 is 15.4 Å². The van der Waals surface area contributed by atoms with Crippen molar-refractivity contribution in [2.24, 2.45) is 5.14 Å².